The molecule has 1 aliphatic carbocycles. The zero-order chi connectivity index (χ0) is 19.3. The van der Waals surface area contributed by atoms with Gasteiger partial charge in [-0.1, -0.05) is 12.5 Å². The van der Waals surface area contributed by atoms with E-state index < -0.39 is 0 Å². The molecule has 2 aromatic rings. The van der Waals surface area contributed by atoms with Gasteiger partial charge < -0.3 is 14.6 Å². The molecule has 3 heterocycles. The average Bonchev–Trinajstić information content (AvgIpc) is 3.22. The van der Waals surface area contributed by atoms with Crippen LogP contribution in [0.2, 0.25) is 0 Å². The number of imidazole rings is 1. The summed E-state index contributed by atoms with van der Waals surface area (Å²) in [6.07, 6.45) is 13.2. The summed E-state index contributed by atoms with van der Waals surface area (Å²) >= 11 is 0. The van der Waals surface area contributed by atoms with Crippen LogP contribution in [0.15, 0.2) is 30.7 Å². The van der Waals surface area contributed by atoms with E-state index in [0.717, 1.165) is 32.6 Å². The molecular formula is C23H34N4O. The van der Waals surface area contributed by atoms with Gasteiger partial charge in [0.15, 0.2) is 0 Å². The Labute approximate surface area is 168 Å². The maximum atomic E-state index is 5.64. The lowest BCUT2D eigenvalue weighted by molar-refractivity contribution is 0.0489. The van der Waals surface area contributed by atoms with Crippen molar-refractivity contribution in [1.29, 1.82) is 0 Å². The summed E-state index contributed by atoms with van der Waals surface area (Å²) in [5.74, 6) is 2.36. The third-order valence-corrected chi connectivity index (χ3v) is 6.63. The normalized spacial score (nSPS) is 24.9. The Hall–Kier alpha value is -1.72. The van der Waals surface area contributed by atoms with Gasteiger partial charge >= 0.3 is 0 Å². The molecule has 0 spiro atoms. The minimum absolute atomic E-state index is 0.312. The fourth-order valence-electron chi connectivity index (χ4n) is 5.11. The van der Waals surface area contributed by atoms with Gasteiger partial charge in [0.25, 0.3) is 0 Å². The lowest BCUT2D eigenvalue weighted by Gasteiger charge is -2.37. The second-order valence-corrected chi connectivity index (χ2v) is 8.43. The van der Waals surface area contributed by atoms with E-state index in [1.165, 1.54) is 42.8 Å². The number of nitrogens with one attached hydrogen (secondary N) is 1. The fourth-order valence-corrected chi connectivity index (χ4v) is 5.11. The Morgan fingerprint density at radius 2 is 2.04 bits per heavy atom. The summed E-state index contributed by atoms with van der Waals surface area (Å²) in [6.45, 7) is 7.11. The van der Waals surface area contributed by atoms with E-state index in [9.17, 15) is 0 Å². The Balaban J connectivity index is 1.52. The smallest absolute Gasteiger partial charge is 0.126 e. The van der Waals surface area contributed by atoms with Gasteiger partial charge in [-0.15, -0.1) is 0 Å². The topological polar surface area (TPSA) is 52.0 Å². The molecule has 2 aliphatic rings. The molecule has 5 heteroatoms. The largest absolute Gasteiger partial charge is 0.381 e. The monoisotopic (exact) mass is 382 g/mol. The predicted molar refractivity (Wildman–Crippen MR) is 111 cm³/mol. The molecule has 28 heavy (non-hydrogen) atoms. The number of hydrogen-bond donors (Lipinski definition) is 1. The molecule has 5 nitrogen and oxygen atoms in total. The minimum Gasteiger partial charge on any atom is -0.381 e. The molecule has 1 N–H and O–H groups in total. The highest BCUT2D eigenvalue weighted by Gasteiger charge is 2.33. The number of pyridine rings is 1. The van der Waals surface area contributed by atoms with E-state index in [-0.39, 0.29) is 0 Å². The molecule has 3 atom stereocenters. The number of rotatable bonds is 6. The van der Waals surface area contributed by atoms with Gasteiger partial charge in [-0.2, -0.15) is 0 Å². The summed E-state index contributed by atoms with van der Waals surface area (Å²) in [7, 11) is 0. The van der Waals surface area contributed by atoms with Crippen LogP contribution in [0.4, 0.5) is 0 Å². The SMILES string of the molecule is CCn1ccnc1C(NC1CCCC(c2ncccc2C)C1)C1CCOCC1. The first-order valence-corrected chi connectivity index (χ1v) is 11.0. The predicted octanol–water partition coefficient (Wildman–Crippen LogP) is 4.39. The van der Waals surface area contributed by atoms with Gasteiger partial charge in [0.2, 0.25) is 0 Å². The highest BCUT2D eigenvalue weighted by Crippen LogP contribution is 2.36. The number of ether oxygens (including phenoxy) is 1. The molecule has 3 unspecified atom stereocenters. The van der Waals surface area contributed by atoms with Crippen LogP contribution in [-0.4, -0.2) is 33.8 Å². The number of hydrogen-bond acceptors (Lipinski definition) is 4. The first kappa shape index (κ1) is 19.6. The number of nitrogens with zero attached hydrogens (tertiary/aromatic N) is 3. The van der Waals surface area contributed by atoms with Crippen molar-refractivity contribution >= 4 is 0 Å². The maximum Gasteiger partial charge on any atom is 0.126 e. The molecule has 0 radical (unpaired) electrons. The molecule has 0 amide bonds. The van der Waals surface area contributed by atoms with Crippen LogP contribution in [-0.2, 0) is 11.3 Å². The van der Waals surface area contributed by atoms with E-state index in [4.69, 9.17) is 14.7 Å². The van der Waals surface area contributed by atoms with Crippen LogP contribution in [0.5, 0.6) is 0 Å². The first-order chi connectivity index (χ1) is 13.8. The first-order valence-electron chi connectivity index (χ1n) is 11.0. The third kappa shape index (κ3) is 4.31. The average molecular weight is 383 g/mol. The van der Waals surface area contributed by atoms with Gasteiger partial charge in [0, 0.05) is 56.0 Å². The number of aromatic nitrogens is 3. The Kier molecular flexibility index (Phi) is 6.43. The van der Waals surface area contributed by atoms with Crippen molar-refractivity contribution in [2.75, 3.05) is 13.2 Å². The molecule has 152 valence electrons. The van der Waals surface area contributed by atoms with Crippen molar-refractivity contribution < 1.29 is 4.74 Å². The van der Waals surface area contributed by atoms with Gasteiger partial charge in [-0.3, -0.25) is 4.98 Å². The lowest BCUT2D eigenvalue weighted by atomic mass is 9.81. The lowest BCUT2D eigenvalue weighted by Crippen LogP contribution is -2.42. The van der Waals surface area contributed by atoms with Crippen molar-refractivity contribution in [3.8, 4) is 0 Å². The van der Waals surface area contributed by atoms with E-state index in [1.807, 2.05) is 18.5 Å². The molecule has 2 aromatic heterocycles. The molecule has 4 rings (SSSR count). The summed E-state index contributed by atoms with van der Waals surface area (Å²) in [5, 5.41) is 4.06. The molecule has 2 fully saturated rings. The summed E-state index contributed by atoms with van der Waals surface area (Å²) < 4.78 is 7.94. The van der Waals surface area contributed by atoms with Crippen LogP contribution in [0.3, 0.4) is 0 Å². The quantitative estimate of drug-likeness (QED) is 0.805. The highest BCUT2D eigenvalue weighted by atomic mass is 16.5. The maximum absolute atomic E-state index is 5.64. The second-order valence-electron chi connectivity index (χ2n) is 8.43. The summed E-state index contributed by atoms with van der Waals surface area (Å²) in [4.78, 5) is 9.49. The minimum atomic E-state index is 0.312. The Morgan fingerprint density at radius 3 is 2.82 bits per heavy atom. The molecule has 0 aromatic carbocycles. The molecule has 1 saturated heterocycles. The summed E-state index contributed by atoms with van der Waals surface area (Å²) in [6, 6.07) is 5.08. The van der Waals surface area contributed by atoms with Gasteiger partial charge in [-0.05, 0) is 63.5 Å². The molecular weight excluding hydrogens is 348 g/mol. The summed E-state index contributed by atoms with van der Waals surface area (Å²) in [5.41, 5.74) is 2.63. The van der Waals surface area contributed by atoms with Crippen LogP contribution in [0, 0.1) is 12.8 Å². The van der Waals surface area contributed by atoms with Crippen molar-refractivity contribution in [1.82, 2.24) is 19.9 Å². The molecule has 1 aliphatic heterocycles. The van der Waals surface area contributed by atoms with Gasteiger partial charge in [0.05, 0.1) is 6.04 Å². The Bertz CT molecular complexity index is 753. The molecule has 1 saturated carbocycles. The second kappa shape index (κ2) is 9.19. The van der Waals surface area contributed by atoms with Crippen molar-refractivity contribution in [3.05, 3.63) is 47.8 Å². The van der Waals surface area contributed by atoms with Crippen molar-refractivity contribution in [2.24, 2.45) is 5.92 Å². The third-order valence-electron chi connectivity index (χ3n) is 6.63. The van der Waals surface area contributed by atoms with Crippen LogP contribution < -0.4 is 5.32 Å². The van der Waals surface area contributed by atoms with E-state index >= 15 is 0 Å². The van der Waals surface area contributed by atoms with Crippen molar-refractivity contribution in [2.45, 2.75) is 76.9 Å². The standard InChI is InChI=1S/C23H34N4O/c1-3-27-13-12-25-23(27)22(18-9-14-28-15-10-18)26-20-8-4-7-19(16-20)21-17(2)6-5-11-24-21/h5-6,11-13,18-20,22,26H,3-4,7-10,14-16H2,1-2H3. The van der Waals surface area contributed by atoms with Crippen LogP contribution in [0.1, 0.15) is 74.5 Å². The zero-order valence-corrected chi connectivity index (χ0v) is 17.3. The van der Waals surface area contributed by atoms with Crippen molar-refractivity contribution in [3.63, 3.8) is 0 Å². The number of aryl methyl sites for hydroxylation is 2. The van der Waals surface area contributed by atoms with E-state index in [2.05, 4.69) is 36.0 Å². The van der Waals surface area contributed by atoms with Gasteiger partial charge in [-0.25, -0.2) is 4.98 Å². The highest BCUT2D eigenvalue weighted by molar-refractivity contribution is 5.22. The Morgan fingerprint density at radius 1 is 1.18 bits per heavy atom. The molecule has 0 bridgehead atoms. The zero-order valence-electron chi connectivity index (χ0n) is 17.3. The van der Waals surface area contributed by atoms with Crippen LogP contribution in [0.25, 0.3) is 0 Å². The fraction of sp³-hybridized carbons (Fsp3) is 0.652. The van der Waals surface area contributed by atoms with E-state index in [0.29, 0.717) is 23.9 Å². The van der Waals surface area contributed by atoms with E-state index in [1.54, 1.807) is 0 Å². The van der Waals surface area contributed by atoms with Gasteiger partial charge in [0.1, 0.15) is 5.82 Å². The van der Waals surface area contributed by atoms with Crippen LogP contribution >= 0.6 is 0 Å².